The lowest BCUT2D eigenvalue weighted by molar-refractivity contribution is 0.423. The van der Waals surface area contributed by atoms with Gasteiger partial charge >= 0.3 is 0 Å². The van der Waals surface area contributed by atoms with Gasteiger partial charge < -0.3 is 5.11 Å². The first-order valence-corrected chi connectivity index (χ1v) is 10.1. The van der Waals surface area contributed by atoms with Gasteiger partial charge in [-0.15, -0.1) is 0 Å². The number of rotatable bonds is 3. The molecule has 1 aliphatic heterocycles. The van der Waals surface area contributed by atoms with E-state index in [-0.39, 0.29) is 10.8 Å². The van der Waals surface area contributed by atoms with E-state index in [2.05, 4.69) is 73.6 Å². The molecule has 1 unspecified atom stereocenters. The van der Waals surface area contributed by atoms with Gasteiger partial charge in [-0.3, -0.25) is 4.99 Å². The van der Waals surface area contributed by atoms with Crippen molar-refractivity contribution in [3.05, 3.63) is 39.8 Å². The number of allylic oxidation sites excluding steroid dienone is 1. The average Bonchev–Trinajstić information content (AvgIpc) is 2.52. The lowest BCUT2D eigenvalue weighted by Gasteiger charge is -2.29. The number of thioether (sulfide) groups is 1. The van der Waals surface area contributed by atoms with Crippen molar-refractivity contribution in [1.29, 1.82) is 0 Å². The van der Waals surface area contributed by atoms with Crippen LogP contribution in [-0.4, -0.2) is 16.7 Å². The van der Waals surface area contributed by atoms with Crippen molar-refractivity contribution < 1.29 is 5.11 Å². The zero-order valence-corrected chi connectivity index (χ0v) is 17.8. The molecule has 3 heteroatoms. The van der Waals surface area contributed by atoms with Gasteiger partial charge in [0.2, 0.25) is 0 Å². The molecule has 2 rings (SSSR count). The van der Waals surface area contributed by atoms with Crippen LogP contribution in [0.2, 0.25) is 0 Å². The van der Waals surface area contributed by atoms with Gasteiger partial charge in [0, 0.05) is 16.7 Å². The molecule has 1 aromatic carbocycles. The van der Waals surface area contributed by atoms with E-state index < -0.39 is 0 Å². The number of hydrogen-bond acceptors (Lipinski definition) is 3. The number of aliphatic imine (C=N–C) groups is 1. The van der Waals surface area contributed by atoms with Crippen molar-refractivity contribution in [2.24, 2.45) is 10.9 Å². The fraction of sp³-hybridized carbons (Fsp3) is 0.591. The molecule has 1 N–H and O–H groups in total. The summed E-state index contributed by atoms with van der Waals surface area (Å²) in [5.41, 5.74) is 2.90. The zero-order valence-electron chi connectivity index (χ0n) is 17.0. The van der Waals surface area contributed by atoms with Crippen LogP contribution in [0.3, 0.4) is 0 Å². The van der Waals surface area contributed by atoms with Crippen molar-refractivity contribution in [3.8, 4) is 5.75 Å². The number of hydrogen-bond donors (Lipinski definition) is 1. The van der Waals surface area contributed by atoms with Gasteiger partial charge in [0.1, 0.15) is 10.8 Å². The van der Waals surface area contributed by atoms with Crippen molar-refractivity contribution in [1.82, 2.24) is 0 Å². The predicted octanol–water partition coefficient (Wildman–Crippen LogP) is 6.41. The maximum Gasteiger partial charge on any atom is 0.123 e. The van der Waals surface area contributed by atoms with E-state index in [4.69, 9.17) is 4.99 Å². The van der Waals surface area contributed by atoms with Crippen LogP contribution in [0.15, 0.2) is 28.1 Å². The van der Waals surface area contributed by atoms with E-state index >= 15 is 0 Å². The first kappa shape index (κ1) is 20.1. The summed E-state index contributed by atoms with van der Waals surface area (Å²) in [4.78, 5) is 6.18. The molecule has 0 bridgehead atoms. The maximum atomic E-state index is 10.9. The largest absolute Gasteiger partial charge is 0.507 e. The van der Waals surface area contributed by atoms with Crippen LogP contribution >= 0.6 is 11.8 Å². The molecule has 1 atom stereocenters. The SMILES string of the molecule is CCC(C)C1=CCN=C(c2cc(C(C)(C)C)c(O)c(C(C)(C)C)c2)S1. The Morgan fingerprint density at radius 1 is 1.08 bits per heavy atom. The monoisotopic (exact) mass is 359 g/mol. The van der Waals surface area contributed by atoms with Crippen LogP contribution in [-0.2, 0) is 10.8 Å². The number of benzene rings is 1. The van der Waals surface area contributed by atoms with Crippen LogP contribution in [0.25, 0.3) is 0 Å². The van der Waals surface area contributed by atoms with Crippen molar-refractivity contribution in [2.75, 3.05) is 6.54 Å². The standard InChI is InChI=1S/C22H33NOS/c1-9-14(2)18-10-11-23-20(25-18)15-12-16(21(3,4)5)19(24)17(13-15)22(6,7)8/h10,12-14,24H,9,11H2,1-8H3. The summed E-state index contributed by atoms with van der Waals surface area (Å²) < 4.78 is 0. The molecule has 1 heterocycles. The molecule has 0 radical (unpaired) electrons. The summed E-state index contributed by atoms with van der Waals surface area (Å²) in [5.74, 6) is 1.000. The van der Waals surface area contributed by atoms with Crippen LogP contribution in [0.4, 0.5) is 0 Å². The summed E-state index contributed by atoms with van der Waals surface area (Å²) in [7, 11) is 0. The number of phenolic OH excluding ortho intramolecular Hbond substituents is 1. The first-order valence-electron chi connectivity index (χ1n) is 9.25. The van der Waals surface area contributed by atoms with E-state index in [1.54, 1.807) is 11.8 Å². The molecule has 0 aliphatic carbocycles. The Balaban J connectivity index is 2.54. The van der Waals surface area contributed by atoms with Crippen LogP contribution < -0.4 is 0 Å². The Labute approximate surface area is 157 Å². The summed E-state index contributed by atoms with van der Waals surface area (Å²) >= 11 is 1.79. The molecule has 0 saturated heterocycles. The predicted molar refractivity (Wildman–Crippen MR) is 112 cm³/mol. The van der Waals surface area contributed by atoms with E-state index in [9.17, 15) is 5.11 Å². The average molecular weight is 360 g/mol. The van der Waals surface area contributed by atoms with Gasteiger partial charge in [0.05, 0.1) is 6.54 Å². The van der Waals surface area contributed by atoms with E-state index in [1.165, 1.54) is 4.91 Å². The highest BCUT2D eigenvalue weighted by molar-refractivity contribution is 8.17. The summed E-state index contributed by atoms with van der Waals surface area (Å²) in [6.07, 6.45) is 3.39. The summed E-state index contributed by atoms with van der Waals surface area (Å²) in [6, 6.07) is 4.27. The molecule has 1 aliphatic rings. The third kappa shape index (κ3) is 4.49. The second-order valence-electron chi connectivity index (χ2n) is 9.08. The highest BCUT2D eigenvalue weighted by atomic mass is 32.2. The second kappa shape index (κ2) is 7.19. The fourth-order valence-electron chi connectivity index (χ4n) is 2.96. The smallest absolute Gasteiger partial charge is 0.123 e. The van der Waals surface area contributed by atoms with Gasteiger partial charge in [-0.05, 0) is 40.2 Å². The Hall–Kier alpha value is -1.22. The Morgan fingerprint density at radius 2 is 1.60 bits per heavy atom. The van der Waals surface area contributed by atoms with E-state index in [0.29, 0.717) is 11.7 Å². The topological polar surface area (TPSA) is 32.6 Å². The van der Waals surface area contributed by atoms with Crippen molar-refractivity contribution in [2.45, 2.75) is 72.6 Å². The second-order valence-corrected chi connectivity index (χ2v) is 10.1. The third-order valence-corrected chi connectivity index (χ3v) is 6.18. The molecule has 0 fully saturated rings. The quantitative estimate of drug-likeness (QED) is 0.676. The lowest BCUT2D eigenvalue weighted by Crippen LogP contribution is -2.19. The molecule has 0 saturated carbocycles. The van der Waals surface area contributed by atoms with Crippen molar-refractivity contribution >= 4 is 16.8 Å². The zero-order chi connectivity index (χ0) is 19.0. The summed E-state index contributed by atoms with van der Waals surface area (Å²) in [6.45, 7) is 18.2. The van der Waals surface area contributed by atoms with Crippen LogP contribution in [0.1, 0.15) is 78.5 Å². The Bertz CT molecular complexity index is 667. The van der Waals surface area contributed by atoms with Gasteiger partial charge in [-0.1, -0.05) is 73.2 Å². The molecule has 2 nitrogen and oxygen atoms in total. The highest BCUT2D eigenvalue weighted by Gasteiger charge is 2.28. The fourth-order valence-corrected chi connectivity index (χ4v) is 4.08. The molecule has 138 valence electrons. The third-order valence-electron chi connectivity index (χ3n) is 4.81. The Morgan fingerprint density at radius 3 is 2.04 bits per heavy atom. The van der Waals surface area contributed by atoms with E-state index in [1.807, 2.05) is 0 Å². The molecule has 0 spiro atoms. The van der Waals surface area contributed by atoms with Gasteiger partial charge in [0.25, 0.3) is 0 Å². The minimum Gasteiger partial charge on any atom is -0.507 e. The molecule has 0 aromatic heterocycles. The minimum absolute atomic E-state index is 0.116. The lowest BCUT2D eigenvalue weighted by atomic mass is 9.78. The van der Waals surface area contributed by atoms with Gasteiger partial charge in [0.15, 0.2) is 0 Å². The van der Waals surface area contributed by atoms with Gasteiger partial charge in [-0.25, -0.2) is 0 Å². The molecular weight excluding hydrogens is 326 g/mol. The molecular formula is C22H33NOS. The van der Waals surface area contributed by atoms with E-state index in [0.717, 1.165) is 34.7 Å². The first-order chi connectivity index (χ1) is 11.4. The summed E-state index contributed by atoms with van der Waals surface area (Å²) in [5, 5.41) is 12.0. The molecule has 25 heavy (non-hydrogen) atoms. The van der Waals surface area contributed by atoms with Crippen molar-refractivity contribution in [3.63, 3.8) is 0 Å². The number of phenols is 1. The number of nitrogens with zero attached hydrogens (tertiary/aromatic N) is 1. The Kier molecular flexibility index (Phi) is 5.78. The van der Waals surface area contributed by atoms with Crippen LogP contribution in [0, 0.1) is 5.92 Å². The van der Waals surface area contributed by atoms with Crippen LogP contribution in [0.5, 0.6) is 5.75 Å². The minimum atomic E-state index is -0.116. The normalized spacial score (nSPS) is 17.1. The highest BCUT2D eigenvalue weighted by Crippen LogP contribution is 2.41. The number of aromatic hydroxyl groups is 1. The maximum absolute atomic E-state index is 10.9. The van der Waals surface area contributed by atoms with Gasteiger partial charge in [-0.2, -0.15) is 0 Å². The molecule has 0 amide bonds. The molecule has 1 aromatic rings.